The van der Waals surface area contributed by atoms with Crippen LogP contribution in [0.15, 0.2) is 33.8 Å². The van der Waals surface area contributed by atoms with Crippen molar-refractivity contribution in [2.75, 3.05) is 6.54 Å². The molecule has 0 radical (unpaired) electrons. The maximum absolute atomic E-state index is 12.9. The van der Waals surface area contributed by atoms with Crippen molar-refractivity contribution in [3.05, 3.63) is 36.0 Å². The number of aliphatic imine (C=N–C) groups is 1. The van der Waals surface area contributed by atoms with Crippen molar-refractivity contribution < 1.29 is 8.91 Å². The SMILES string of the molecule is CC(C)(C)NC(N)=NCCCc1nc(-c2ccc(F)cc2)no1.I. The molecule has 132 valence electrons. The van der Waals surface area contributed by atoms with Gasteiger partial charge in [0.25, 0.3) is 0 Å². The molecule has 0 fully saturated rings. The van der Waals surface area contributed by atoms with Gasteiger partial charge in [-0.3, -0.25) is 4.99 Å². The Balaban J connectivity index is 0.00000288. The number of benzene rings is 1. The van der Waals surface area contributed by atoms with E-state index in [9.17, 15) is 4.39 Å². The predicted molar refractivity (Wildman–Crippen MR) is 103 cm³/mol. The highest BCUT2D eigenvalue weighted by Gasteiger charge is 2.10. The molecule has 0 amide bonds. The number of hydrogen-bond donors (Lipinski definition) is 2. The van der Waals surface area contributed by atoms with Gasteiger partial charge in [-0.1, -0.05) is 5.16 Å². The molecule has 8 heteroatoms. The molecule has 2 aromatic rings. The van der Waals surface area contributed by atoms with Gasteiger partial charge in [-0.05, 0) is 51.5 Å². The highest BCUT2D eigenvalue weighted by atomic mass is 127. The van der Waals surface area contributed by atoms with Gasteiger partial charge in [-0.2, -0.15) is 4.98 Å². The minimum Gasteiger partial charge on any atom is -0.370 e. The number of aromatic nitrogens is 2. The predicted octanol–water partition coefficient (Wildman–Crippen LogP) is 3.13. The van der Waals surface area contributed by atoms with Gasteiger partial charge in [-0.15, -0.1) is 24.0 Å². The van der Waals surface area contributed by atoms with E-state index >= 15 is 0 Å². The van der Waals surface area contributed by atoms with Crippen LogP contribution in [-0.4, -0.2) is 28.2 Å². The van der Waals surface area contributed by atoms with Crippen LogP contribution in [0.3, 0.4) is 0 Å². The number of guanidine groups is 1. The molecule has 3 N–H and O–H groups in total. The molecule has 0 spiro atoms. The Morgan fingerprint density at radius 3 is 2.58 bits per heavy atom. The molecule has 2 rings (SSSR count). The van der Waals surface area contributed by atoms with E-state index in [-0.39, 0.29) is 35.3 Å². The molecule has 1 aromatic carbocycles. The van der Waals surface area contributed by atoms with Crippen molar-refractivity contribution in [1.82, 2.24) is 15.5 Å². The lowest BCUT2D eigenvalue weighted by molar-refractivity contribution is 0.376. The van der Waals surface area contributed by atoms with Crippen LogP contribution in [0.25, 0.3) is 11.4 Å². The Kier molecular flexibility index (Phi) is 7.59. The maximum Gasteiger partial charge on any atom is 0.227 e. The maximum atomic E-state index is 12.9. The van der Waals surface area contributed by atoms with Gasteiger partial charge in [0.2, 0.25) is 11.7 Å². The zero-order chi connectivity index (χ0) is 16.9. The smallest absolute Gasteiger partial charge is 0.227 e. The van der Waals surface area contributed by atoms with Crippen LogP contribution in [-0.2, 0) is 6.42 Å². The summed E-state index contributed by atoms with van der Waals surface area (Å²) in [5.41, 5.74) is 6.40. The summed E-state index contributed by atoms with van der Waals surface area (Å²) in [6, 6.07) is 5.97. The van der Waals surface area contributed by atoms with E-state index in [0.717, 1.165) is 12.0 Å². The second kappa shape index (κ2) is 8.95. The fraction of sp³-hybridized carbons (Fsp3) is 0.438. The third-order valence-electron chi connectivity index (χ3n) is 2.90. The normalized spacial score (nSPS) is 11.9. The summed E-state index contributed by atoms with van der Waals surface area (Å²) in [5, 5.41) is 6.99. The summed E-state index contributed by atoms with van der Waals surface area (Å²) in [4.78, 5) is 8.54. The molecule has 0 saturated carbocycles. The molecule has 0 aliphatic carbocycles. The van der Waals surface area contributed by atoms with Crippen LogP contribution in [0.4, 0.5) is 4.39 Å². The van der Waals surface area contributed by atoms with Gasteiger partial charge in [0.15, 0.2) is 5.96 Å². The first-order valence-electron chi connectivity index (χ1n) is 7.50. The van der Waals surface area contributed by atoms with Crippen molar-refractivity contribution in [3.63, 3.8) is 0 Å². The van der Waals surface area contributed by atoms with Crippen LogP contribution in [0.5, 0.6) is 0 Å². The summed E-state index contributed by atoms with van der Waals surface area (Å²) >= 11 is 0. The minimum atomic E-state index is -0.295. The van der Waals surface area contributed by atoms with E-state index in [1.807, 2.05) is 20.8 Å². The van der Waals surface area contributed by atoms with E-state index in [1.54, 1.807) is 12.1 Å². The highest BCUT2D eigenvalue weighted by Crippen LogP contribution is 2.16. The lowest BCUT2D eigenvalue weighted by Gasteiger charge is -2.20. The lowest BCUT2D eigenvalue weighted by atomic mass is 10.1. The number of nitrogens with zero attached hydrogens (tertiary/aromatic N) is 3. The van der Waals surface area contributed by atoms with Gasteiger partial charge in [0.05, 0.1) is 0 Å². The fourth-order valence-electron chi connectivity index (χ4n) is 1.93. The van der Waals surface area contributed by atoms with Crippen molar-refractivity contribution in [2.24, 2.45) is 10.7 Å². The molecule has 0 atom stereocenters. The van der Waals surface area contributed by atoms with E-state index in [2.05, 4.69) is 20.4 Å². The molecule has 0 bridgehead atoms. The largest absolute Gasteiger partial charge is 0.370 e. The molecule has 24 heavy (non-hydrogen) atoms. The summed E-state index contributed by atoms with van der Waals surface area (Å²) in [6.45, 7) is 6.63. The van der Waals surface area contributed by atoms with Crippen LogP contribution in [0.1, 0.15) is 33.1 Å². The summed E-state index contributed by atoms with van der Waals surface area (Å²) in [7, 11) is 0. The molecule has 0 unspecified atom stereocenters. The summed E-state index contributed by atoms with van der Waals surface area (Å²) in [5.74, 6) is 1.12. The van der Waals surface area contributed by atoms with Gasteiger partial charge in [0, 0.05) is 24.1 Å². The second-order valence-electron chi connectivity index (χ2n) is 6.26. The van der Waals surface area contributed by atoms with Crippen LogP contribution < -0.4 is 11.1 Å². The average Bonchev–Trinajstić information content (AvgIpc) is 2.91. The Hall–Kier alpha value is -1.71. The van der Waals surface area contributed by atoms with Crippen molar-refractivity contribution in [2.45, 2.75) is 39.2 Å². The number of aryl methyl sites for hydroxylation is 1. The zero-order valence-corrected chi connectivity index (χ0v) is 16.4. The minimum absolute atomic E-state index is 0. The first-order chi connectivity index (χ1) is 10.8. The molecule has 0 saturated heterocycles. The standard InChI is InChI=1S/C16H22FN5O.HI/c1-16(2,3)21-15(18)19-10-4-5-13-20-14(22-23-13)11-6-8-12(17)9-7-11;/h6-9H,4-5,10H2,1-3H3,(H3,18,19,21);1H. The quantitative estimate of drug-likeness (QED) is 0.318. The van der Waals surface area contributed by atoms with Gasteiger partial charge in [-0.25, -0.2) is 4.39 Å². The number of rotatable bonds is 5. The van der Waals surface area contributed by atoms with Crippen molar-refractivity contribution >= 4 is 29.9 Å². The van der Waals surface area contributed by atoms with Crippen LogP contribution >= 0.6 is 24.0 Å². The van der Waals surface area contributed by atoms with Gasteiger partial charge in [0.1, 0.15) is 5.82 Å². The summed E-state index contributed by atoms with van der Waals surface area (Å²) < 4.78 is 18.1. The number of nitrogens with two attached hydrogens (primary N) is 1. The zero-order valence-electron chi connectivity index (χ0n) is 14.0. The van der Waals surface area contributed by atoms with E-state index in [1.165, 1.54) is 12.1 Å². The molecule has 0 aliphatic heterocycles. The third-order valence-corrected chi connectivity index (χ3v) is 2.90. The molecule has 0 aliphatic rings. The van der Waals surface area contributed by atoms with E-state index < -0.39 is 0 Å². The topological polar surface area (TPSA) is 89.3 Å². The molecular weight excluding hydrogens is 424 g/mol. The summed E-state index contributed by atoms with van der Waals surface area (Å²) in [6.07, 6.45) is 1.36. The highest BCUT2D eigenvalue weighted by molar-refractivity contribution is 14.0. The molecule has 1 aromatic heterocycles. The Bertz CT molecular complexity index is 664. The monoisotopic (exact) mass is 447 g/mol. The molecular formula is C16H23FIN5O. The van der Waals surface area contributed by atoms with Crippen LogP contribution in [0.2, 0.25) is 0 Å². The molecule has 6 nitrogen and oxygen atoms in total. The van der Waals surface area contributed by atoms with Gasteiger partial charge >= 0.3 is 0 Å². The molecule has 1 heterocycles. The first-order valence-corrected chi connectivity index (χ1v) is 7.50. The van der Waals surface area contributed by atoms with Crippen molar-refractivity contribution in [3.8, 4) is 11.4 Å². The van der Waals surface area contributed by atoms with Gasteiger partial charge < -0.3 is 15.6 Å². The Labute approximate surface area is 158 Å². The number of hydrogen-bond acceptors (Lipinski definition) is 4. The third kappa shape index (κ3) is 6.81. The average molecular weight is 447 g/mol. The lowest BCUT2D eigenvalue weighted by Crippen LogP contribution is -2.45. The number of halogens is 2. The second-order valence-corrected chi connectivity index (χ2v) is 6.26. The fourth-order valence-corrected chi connectivity index (χ4v) is 1.93. The Morgan fingerprint density at radius 1 is 1.29 bits per heavy atom. The van der Waals surface area contributed by atoms with E-state index in [0.29, 0.717) is 30.6 Å². The Morgan fingerprint density at radius 2 is 1.96 bits per heavy atom. The van der Waals surface area contributed by atoms with Crippen LogP contribution in [0, 0.1) is 5.82 Å². The number of nitrogens with one attached hydrogen (secondary N) is 1. The van der Waals surface area contributed by atoms with E-state index in [4.69, 9.17) is 10.3 Å². The first kappa shape index (κ1) is 20.3. The van der Waals surface area contributed by atoms with Crippen molar-refractivity contribution in [1.29, 1.82) is 0 Å².